The molecule has 2 atom stereocenters. The van der Waals surface area contributed by atoms with Gasteiger partial charge in [0.1, 0.15) is 11.5 Å². The van der Waals surface area contributed by atoms with Crippen LogP contribution in [0.3, 0.4) is 0 Å². The molecule has 110 valence electrons. The summed E-state index contributed by atoms with van der Waals surface area (Å²) in [5, 5.41) is 19.0. The van der Waals surface area contributed by atoms with Gasteiger partial charge < -0.3 is 19.7 Å². The lowest BCUT2D eigenvalue weighted by Crippen LogP contribution is -2.29. The van der Waals surface area contributed by atoms with Gasteiger partial charge in [-0.15, -0.1) is 0 Å². The number of hydrogen-bond donors (Lipinski definition) is 2. The molecule has 1 heterocycles. The summed E-state index contributed by atoms with van der Waals surface area (Å²) in [4.78, 5) is 0. The summed E-state index contributed by atoms with van der Waals surface area (Å²) in [6, 6.07) is 13.6. The number of hydrogen-bond acceptors (Lipinski definition) is 4. The zero-order valence-electron chi connectivity index (χ0n) is 12.0. The van der Waals surface area contributed by atoms with Crippen molar-refractivity contribution in [2.75, 3.05) is 0 Å². The fourth-order valence-corrected chi connectivity index (χ4v) is 2.54. The Kier molecular flexibility index (Phi) is 3.35. The quantitative estimate of drug-likeness (QED) is 0.890. The van der Waals surface area contributed by atoms with E-state index in [2.05, 4.69) is 0 Å². The fraction of sp³-hybridized carbons (Fsp3) is 0.294. The van der Waals surface area contributed by atoms with Crippen molar-refractivity contribution in [1.29, 1.82) is 0 Å². The number of aromatic hydroxyl groups is 2. The third-order valence-electron chi connectivity index (χ3n) is 3.86. The second-order valence-corrected chi connectivity index (χ2v) is 5.36. The zero-order chi connectivity index (χ0) is 15.0. The smallest absolute Gasteiger partial charge is 0.223 e. The Balaban J connectivity index is 2.11. The van der Waals surface area contributed by atoms with Crippen LogP contribution in [-0.2, 0) is 15.3 Å². The summed E-state index contributed by atoms with van der Waals surface area (Å²) in [6.45, 7) is 3.93. The van der Waals surface area contributed by atoms with E-state index < -0.39 is 5.79 Å². The molecule has 3 rings (SSSR count). The average molecular weight is 286 g/mol. The van der Waals surface area contributed by atoms with Gasteiger partial charge in [0.05, 0.1) is 12.2 Å². The van der Waals surface area contributed by atoms with Crippen LogP contribution >= 0.6 is 0 Å². The van der Waals surface area contributed by atoms with E-state index in [1.54, 1.807) is 48.5 Å². The average Bonchev–Trinajstić information content (AvgIpc) is 2.77. The first kappa shape index (κ1) is 13.9. The summed E-state index contributed by atoms with van der Waals surface area (Å²) in [5.41, 5.74) is 1.62. The molecule has 1 aliphatic rings. The van der Waals surface area contributed by atoms with Crippen LogP contribution in [-0.4, -0.2) is 22.4 Å². The lowest BCUT2D eigenvalue weighted by atomic mass is 9.97. The highest BCUT2D eigenvalue weighted by molar-refractivity contribution is 5.39. The first-order valence-electron chi connectivity index (χ1n) is 6.96. The van der Waals surface area contributed by atoms with Gasteiger partial charge in [-0.05, 0) is 62.4 Å². The molecule has 2 N–H and O–H groups in total. The van der Waals surface area contributed by atoms with Crippen molar-refractivity contribution in [3.05, 3.63) is 59.7 Å². The topological polar surface area (TPSA) is 58.9 Å². The maximum Gasteiger partial charge on any atom is 0.223 e. The molecule has 0 bridgehead atoms. The Hall–Kier alpha value is -2.04. The molecule has 4 nitrogen and oxygen atoms in total. The van der Waals surface area contributed by atoms with Crippen molar-refractivity contribution < 1.29 is 19.7 Å². The molecule has 1 fully saturated rings. The SMILES string of the molecule is CC1OC(c2ccc(O)cc2)(c2ccc(O)cc2)OC1C. The summed E-state index contributed by atoms with van der Waals surface area (Å²) in [7, 11) is 0. The van der Waals surface area contributed by atoms with Crippen molar-refractivity contribution in [1.82, 2.24) is 0 Å². The maximum atomic E-state index is 9.48. The fourth-order valence-electron chi connectivity index (χ4n) is 2.54. The van der Waals surface area contributed by atoms with Crippen molar-refractivity contribution in [2.45, 2.75) is 31.8 Å². The van der Waals surface area contributed by atoms with E-state index in [4.69, 9.17) is 9.47 Å². The maximum absolute atomic E-state index is 9.48. The van der Waals surface area contributed by atoms with E-state index in [1.807, 2.05) is 13.8 Å². The van der Waals surface area contributed by atoms with Gasteiger partial charge in [0, 0.05) is 11.1 Å². The molecule has 1 aliphatic heterocycles. The molecule has 0 aliphatic carbocycles. The molecule has 21 heavy (non-hydrogen) atoms. The number of phenolic OH excluding ortho intramolecular Hbond substituents is 2. The van der Waals surface area contributed by atoms with Gasteiger partial charge in [-0.25, -0.2) is 0 Å². The second kappa shape index (κ2) is 5.06. The Morgan fingerprint density at radius 3 is 1.38 bits per heavy atom. The van der Waals surface area contributed by atoms with E-state index in [9.17, 15) is 10.2 Å². The van der Waals surface area contributed by atoms with Crippen LogP contribution in [0.25, 0.3) is 0 Å². The minimum absolute atomic E-state index is 0.0624. The number of rotatable bonds is 2. The van der Waals surface area contributed by atoms with Crippen LogP contribution in [0.4, 0.5) is 0 Å². The van der Waals surface area contributed by atoms with Gasteiger partial charge in [-0.2, -0.15) is 0 Å². The molecule has 0 spiro atoms. The molecular formula is C17H18O4. The van der Waals surface area contributed by atoms with Crippen LogP contribution in [0.1, 0.15) is 25.0 Å². The van der Waals surface area contributed by atoms with E-state index in [1.165, 1.54) is 0 Å². The predicted octanol–water partition coefficient (Wildman–Crippen LogP) is 3.12. The van der Waals surface area contributed by atoms with Crippen LogP contribution < -0.4 is 0 Å². The molecule has 0 aromatic heterocycles. The molecule has 4 heteroatoms. The minimum Gasteiger partial charge on any atom is -0.508 e. The molecule has 0 radical (unpaired) electrons. The molecule has 0 saturated carbocycles. The van der Waals surface area contributed by atoms with Crippen LogP contribution in [0.5, 0.6) is 11.5 Å². The third-order valence-corrected chi connectivity index (χ3v) is 3.86. The van der Waals surface area contributed by atoms with Crippen LogP contribution in [0, 0.1) is 0 Å². The number of ether oxygens (including phenoxy) is 2. The lowest BCUT2D eigenvalue weighted by molar-refractivity contribution is -0.147. The molecule has 2 aromatic rings. The molecular weight excluding hydrogens is 268 g/mol. The predicted molar refractivity (Wildman–Crippen MR) is 78.1 cm³/mol. The van der Waals surface area contributed by atoms with Crippen LogP contribution in [0.2, 0.25) is 0 Å². The van der Waals surface area contributed by atoms with Gasteiger partial charge >= 0.3 is 0 Å². The Labute approximate surface area is 123 Å². The molecule has 2 aromatic carbocycles. The van der Waals surface area contributed by atoms with Gasteiger partial charge in [-0.3, -0.25) is 0 Å². The summed E-state index contributed by atoms with van der Waals surface area (Å²) in [6.07, 6.45) is -0.125. The van der Waals surface area contributed by atoms with Crippen molar-refractivity contribution >= 4 is 0 Å². The highest BCUT2D eigenvalue weighted by atomic mass is 16.8. The Morgan fingerprint density at radius 2 is 1.05 bits per heavy atom. The third kappa shape index (κ3) is 2.37. The van der Waals surface area contributed by atoms with E-state index >= 15 is 0 Å². The van der Waals surface area contributed by atoms with E-state index in [-0.39, 0.29) is 23.7 Å². The minimum atomic E-state index is -1.01. The number of benzene rings is 2. The van der Waals surface area contributed by atoms with Crippen molar-refractivity contribution in [2.24, 2.45) is 0 Å². The summed E-state index contributed by atoms with van der Waals surface area (Å²) < 4.78 is 12.3. The normalized spacial score (nSPS) is 24.1. The molecule has 1 saturated heterocycles. The first-order chi connectivity index (χ1) is 10.0. The summed E-state index contributed by atoms with van der Waals surface area (Å²) in [5.74, 6) is -0.627. The standard InChI is InChI=1S/C17H18O4/c1-11-12(2)21-17(20-11,13-3-7-15(18)8-4-13)14-5-9-16(19)10-6-14/h3-12,18-19H,1-2H3. The molecule has 0 amide bonds. The lowest BCUT2D eigenvalue weighted by Gasteiger charge is -2.29. The van der Waals surface area contributed by atoms with Gasteiger partial charge in [0.15, 0.2) is 0 Å². The second-order valence-electron chi connectivity index (χ2n) is 5.36. The van der Waals surface area contributed by atoms with Gasteiger partial charge in [-0.1, -0.05) is 0 Å². The molecule has 2 unspecified atom stereocenters. The van der Waals surface area contributed by atoms with Crippen LogP contribution in [0.15, 0.2) is 48.5 Å². The number of phenols is 2. The Bertz CT molecular complexity index is 561. The largest absolute Gasteiger partial charge is 0.508 e. The van der Waals surface area contributed by atoms with Crippen molar-refractivity contribution in [3.63, 3.8) is 0 Å². The van der Waals surface area contributed by atoms with Crippen molar-refractivity contribution in [3.8, 4) is 11.5 Å². The summed E-state index contributed by atoms with van der Waals surface area (Å²) >= 11 is 0. The van der Waals surface area contributed by atoms with Gasteiger partial charge in [0.25, 0.3) is 0 Å². The highest BCUT2D eigenvalue weighted by Crippen LogP contribution is 2.43. The highest BCUT2D eigenvalue weighted by Gasteiger charge is 2.47. The van der Waals surface area contributed by atoms with E-state index in [0.29, 0.717) is 0 Å². The monoisotopic (exact) mass is 286 g/mol. The zero-order valence-corrected chi connectivity index (χ0v) is 12.0. The van der Waals surface area contributed by atoms with Gasteiger partial charge in [0.2, 0.25) is 5.79 Å². The first-order valence-corrected chi connectivity index (χ1v) is 6.96. The van der Waals surface area contributed by atoms with E-state index in [0.717, 1.165) is 11.1 Å². The Morgan fingerprint density at radius 1 is 0.714 bits per heavy atom.